The Kier molecular flexibility index (Phi) is 4.55. The van der Waals surface area contributed by atoms with E-state index in [-0.39, 0.29) is 17.7 Å². The van der Waals surface area contributed by atoms with Crippen molar-refractivity contribution in [2.24, 2.45) is 0 Å². The van der Waals surface area contributed by atoms with Crippen LogP contribution in [0.4, 0.5) is 11.4 Å². The smallest absolute Gasteiger partial charge is 0.241 e. The third kappa shape index (κ3) is 3.27. The van der Waals surface area contributed by atoms with Crippen molar-refractivity contribution in [3.63, 3.8) is 0 Å². The molecule has 5 nitrogen and oxygen atoms in total. The molecule has 0 aliphatic carbocycles. The van der Waals surface area contributed by atoms with E-state index in [9.17, 15) is 9.90 Å². The lowest BCUT2D eigenvalue weighted by Crippen LogP contribution is -2.51. The number of piperazine rings is 1. The van der Waals surface area contributed by atoms with E-state index >= 15 is 0 Å². The maximum Gasteiger partial charge on any atom is 0.241 e. The lowest BCUT2D eigenvalue weighted by molar-refractivity contribution is -0.120. The van der Waals surface area contributed by atoms with Gasteiger partial charge in [0.1, 0.15) is 5.75 Å². The predicted molar refractivity (Wildman–Crippen MR) is 104 cm³/mol. The number of hydrogen-bond donors (Lipinski definition) is 1. The molecule has 4 rings (SSSR count). The Morgan fingerprint density at radius 2 is 1.73 bits per heavy atom. The van der Waals surface area contributed by atoms with Crippen molar-refractivity contribution in [1.29, 1.82) is 0 Å². The van der Waals surface area contributed by atoms with Crippen LogP contribution < -0.4 is 9.80 Å². The Labute approximate surface area is 154 Å². The Morgan fingerprint density at radius 3 is 2.46 bits per heavy atom. The maximum atomic E-state index is 12.9. The Morgan fingerprint density at radius 1 is 1.04 bits per heavy atom. The molecule has 1 saturated heterocycles. The molecule has 0 unspecified atom stereocenters. The molecular weight excluding hydrogens is 326 g/mol. The quantitative estimate of drug-likeness (QED) is 0.923. The maximum absolute atomic E-state index is 12.9. The number of fused-ring (bicyclic) bond motifs is 1. The fourth-order valence-corrected chi connectivity index (χ4v) is 4.04. The summed E-state index contributed by atoms with van der Waals surface area (Å²) in [6, 6.07) is 15.8. The highest BCUT2D eigenvalue weighted by molar-refractivity contribution is 5.97. The van der Waals surface area contributed by atoms with E-state index in [0.29, 0.717) is 6.54 Å². The molecule has 2 heterocycles. The van der Waals surface area contributed by atoms with Gasteiger partial charge in [-0.3, -0.25) is 9.69 Å². The summed E-state index contributed by atoms with van der Waals surface area (Å²) >= 11 is 0. The summed E-state index contributed by atoms with van der Waals surface area (Å²) < 4.78 is 0. The summed E-state index contributed by atoms with van der Waals surface area (Å²) in [6.45, 7) is 6.13. The van der Waals surface area contributed by atoms with E-state index in [4.69, 9.17) is 0 Å². The van der Waals surface area contributed by atoms with Crippen LogP contribution in [-0.4, -0.2) is 54.7 Å². The number of hydrogen-bond acceptors (Lipinski definition) is 4. The molecule has 0 radical (unpaired) electrons. The minimum Gasteiger partial charge on any atom is -0.508 e. The molecule has 1 amide bonds. The monoisotopic (exact) mass is 351 g/mol. The van der Waals surface area contributed by atoms with Crippen LogP contribution in [0.1, 0.15) is 12.5 Å². The van der Waals surface area contributed by atoms with Gasteiger partial charge in [0.05, 0.1) is 6.54 Å². The lowest BCUT2D eigenvalue weighted by Gasteiger charge is -2.36. The number of phenols is 1. The number of aromatic hydroxyl groups is 1. The molecule has 5 heteroatoms. The number of rotatable bonds is 3. The van der Waals surface area contributed by atoms with Crippen LogP contribution >= 0.6 is 0 Å². The van der Waals surface area contributed by atoms with Gasteiger partial charge in [0.15, 0.2) is 0 Å². The highest BCUT2D eigenvalue weighted by atomic mass is 16.3. The van der Waals surface area contributed by atoms with E-state index in [1.807, 2.05) is 29.2 Å². The van der Waals surface area contributed by atoms with Crippen molar-refractivity contribution in [2.45, 2.75) is 19.4 Å². The second kappa shape index (κ2) is 7.00. The molecule has 1 fully saturated rings. The third-order valence-corrected chi connectivity index (χ3v) is 5.42. The van der Waals surface area contributed by atoms with Crippen molar-refractivity contribution in [3.8, 4) is 5.75 Å². The summed E-state index contributed by atoms with van der Waals surface area (Å²) in [5.74, 6) is 0.485. The molecule has 1 atom stereocenters. The van der Waals surface area contributed by atoms with E-state index in [0.717, 1.165) is 44.0 Å². The number of para-hydroxylation sites is 1. The fraction of sp³-hybridized carbons (Fsp3) is 0.381. The van der Waals surface area contributed by atoms with Crippen molar-refractivity contribution in [1.82, 2.24) is 4.90 Å². The largest absolute Gasteiger partial charge is 0.508 e. The van der Waals surface area contributed by atoms with Crippen molar-refractivity contribution in [2.75, 3.05) is 42.5 Å². The summed E-state index contributed by atoms with van der Waals surface area (Å²) in [5, 5.41) is 9.42. The van der Waals surface area contributed by atoms with Crippen LogP contribution in [0, 0.1) is 0 Å². The number of carbonyl (C=O) groups is 1. The van der Waals surface area contributed by atoms with Gasteiger partial charge in [-0.05, 0) is 49.2 Å². The van der Waals surface area contributed by atoms with Gasteiger partial charge in [-0.1, -0.05) is 18.2 Å². The standard InChI is InChI=1S/C21H25N3O2/c1-16-14-17-4-2-3-5-20(17)24(16)21(26)15-22-10-12-23(13-11-22)18-6-8-19(25)9-7-18/h2-9,16,25H,10-15H2,1H3/t16-/m0/s1. The van der Waals surface area contributed by atoms with Crippen LogP contribution in [0.2, 0.25) is 0 Å². The number of carbonyl (C=O) groups excluding carboxylic acids is 1. The average molecular weight is 351 g/mol. The highest BCUT2D eigenvalue weighted by Gasteiger charge is 2.31. The van der Waals surface area contributed by atoms with E-state index in [1.165, 1.54) is 5.56 Å². The van der Waals surface area contributed by atoms with Crippen LogP contribution in [-0.2, 0) is 11.2 Å². The Balaban J connectivity index is 1.36. The van der Waals surface area contributed by atoms with Crippen LogP contribution in [0.15, 0.2) is 48.5 Å². The molecular formula is C21H25N3O2. The zero-order chi connectivity index (χ0) is 18.1. The third-order valence-electron chi connectivity index (χ3n) is 5.42. The van der Waals surface area contributed by atoms with Crippen LogP contribution in [0.25, 0.3) is 0 Å². The van der Waals surface area contributed by atoms with Crippen LogP contribution in [0.3, 0.4) is 0 Å². The first-order valence-electron chi connectivity index (χ1n) is 9.28. The summed E-state index contributed by atoms with van der Waals surface area (Å²) in [4.78, 5) is 19.4. The zero-order valence-electron chi connectivity index (χ0n) is 15.1. The van der Waals surface area contributed by atoms with Gasteiger partial charge < -0.3 is 14.9 Å². The Bertz CT molecular complexity index is 782. The van der Waals surface area contributed by atoms with Crippen molar-refractivity contribution >= 4 is 17.3 Å². The van der Waals surface area contributed by atoms with Gasteiger partial charge in [-0.2, -0.15) is 0 Å². The molecule has 0 bridgehead atoms. The summed E-state index contributed by atoms with van der Waals surface area (Å²) in [7, 11) is 0. The second-order valence-corrected chi connectivity index (χ2v) is 7.23. The topological polar surface area (TPSA) is 47.0 Å². The minimum atomic E-state index is 0.195. The van der Waals surface area contributed by atoms with E-state index < -0.39 is 0 Å². The van der Waals surface area contributed by atoms with Crippen molar-refractivity contribution < 1.29 is 9.90 Å². The molecule has 1 N–H and O–H groups in total. The molecule has 2 aromatic carbocycles. The van der Waals surface area contributed by atoms with E-state index in [1.54, 1.807) is 12.1 Å². The van der Waals surface area contributed by atoms with E-state index in [2.05, 4.69) is 28.9 Å². The molecule has 0 spiro atoms. The minimum absolute atomic E-state index is 0.195. The predicted octanol–water partition coefficient (Wildman–Crippen LogP) is 2.49. The highest BCUT2D eigenvalue weighted by Crippen LogP contribution is 2.32. The number of nitrogens with zero attached hydrogens (tertiary/aromatic N) is 3. The fourth-order valence-electron chi connectivity index (χ4n) is 4.04. The Hall–Kier alpha value is -2.53. The van der Waals surface area contributed by atoms with Gasteiger partial charge in [-0.25, -0.2) is 0 Å². The van der Waals surface area contributed by atoms with Crippen molar-refractivity contribution in [3.05, 3.63) is 54.1 Å². The van der Waals surface area contributed by atoms with Gasteiger partial charge in [0.2, 0.25) is 5.91 Å². The molecule has 0 saturated carbocycles. The van der Waals surface area contributed by atoms with Gasteiger partial charge in [-0.15, -0.1) is 0 Å². The molecule has 2 aliphatic rings. The van der Waals surface area contributed by atoms with Gasteiger partial charge >= 0.3 is 0 Å². The number of amides is 1. The molecule has 2 aliphatic heterocycles. The number of anilines is 2. The van der Waals surface area contributed by atoms with Crippen LogP contribution in [0.5, 0.6) is 5.75 Å². The average Bonchev–Trinajstić information content (AvgIpc) is 2.99. The molecule has 26 heavy (non-hydrogen) atoms. The normalized spacial score (nSPS) is 20.3. The first kappa shape index (κ1) is 16.9. The lowest BCUT2D eigenvalue weighted by atomic mass is 10.1. The SMILES string of the molecule is C[C@H]1Cc2ccccc2N1C(=O)CN1CCN(c2ccc(O)cc2)CC1. The molecule has 0 aromatic heterocycles. The second-order valence-electron chi connectivity index (χ2n) is 7.23. The number of phenolic OH excluding ortho intramolecular Hbond substituents is 1. The molecule has 136 valence electrons. The summed E-state index contributed by atoms with van der Waals surface area (Å²) in [5.41, 5.74) is 3.47. The van der Waals surface area contributed by atoms with Gasteiger partial charge in [0, 0.05) is 43.6 Å². The first-order valence-corrected chi connectivity index (χ1v) is 9.28. The molecule has 2 aromatic rings. The first-order chi connectivity index (χ1) is 12.6. The number of benzene rings is 2. The zero-order valence-corrected chi connectivity index (χ0v) is 15.1. The summed E-state index contributed by atoms with van der Waals surface area (Å²) in [6.07, 6.45) is 0.941. The van der Waals surface area contributed by atoms with Gasteiger partial charge in [0.25, 0.3) is 0 Å².